The molecule has 0 spiro atoms. The van der Waals surface area contributed by atoms with Gasteiger partial charge in [0.1, 0.15) is 5.01 Å². The number of thioether (sulfide) groups is 1. The third kappa shape index (κ3) is 4.89. The van der Waals surface area contributed by atoms with Crippen molar-refractivity contribution in [2.24, 2.45) is 5.92 Å². The lowest BCUT2D eigenvalue weighted by Crippen LogP contribution is -2.12. The SMILES string of the molecule is Cc1noc(CSc2ccccc2C(=O)Nc2nnc(CC(C)C)s2)n1. The van der Waals surface area contributed by atoms with Crippen molar-refractivity contribution in [3.05, 3.63) is 46.6 Å². The van der Waals surface area contributed by atoms with Gasteiger partial charge in [-0.2, -0.15) is 4.98 Å². The van der Waals surface area contributed by atoms with Crippen LogP contribution in [0.5, 0.6) is 0 Å². The maximum absolute atomic E-state index is 12.6. The van der Waals surface area contributed by atoms with Crippen LogP contribution in [-0.2, 0) is 12.2 Å². The Morgan fingerprint density at radius 1 is 1.31 bits per heavy atom. The summed E-state index contributed by atoms with van der Waals surface area (Å²) in [5.41, 5.74) is 0.578. The van der Waals surface area contributed by atoms with E-state index in [2.05, 4.69) is 39.5 Å². The van der Waals surface area contributed by atoms with Gasteiger partial charge in [0.15, 0.2) is 5.82 Å². The second kappa shape index (κ2) is 8.41. The first-order valence-corrected chi connectivity index (χ1v) is 9.96. The first kappa shape index (κ1) is 18.5. The van der Waals surface area contributed by atoms with Crippen molar-refractivity contribution in [3.8, 4) is 0 Å². The molecule has 2 aromatic heterocycles. The van der Waals surface area contributed by atoms with E-state index in [-0.39, 0.29) is 5.91 Å². The van der Waals surface area contributed by atoms with Crippen molar-refractivity contribution >= 4 is 34.1 Å². The molecule has 2 heterocycles. The molecule has 0 saturated carbocycles. The van der Waals surface area contributed by atoms with Gasteiger partial charge >= 0.3 is 0 Å². The number of aryl methyl sites for hydroxylation is 1. The van der Waals surface area contributed by atoms with Gasteiger partial charge < -0.3 is 4.52 Å². The quantitative estimate of drug-likeness (QED) is 0.611. The van der Waals surface area contributed by atoms with Crippen molar-refractivity contribution < 1.29 is 9.32 Å². The van der Waals surface area contributed by atoms with Gasteiger partial charge in [-0.05, 0) is 25.0 Å². The minimum Gasteiger partial charge on any atom is -0.338 e. The number of anilines is 1. The summed E-state index contributed by atoms with van der Waals surface area (Å²) in [6.07, 6.45) is 0.851. The summed E-state index contributed by atoms with van der Waals surface area (Å²) in [5, 5.41) is 16.2. The van der Waals surface area contributed by atoms with Crippen LogP contribution in [0.1, 0.15) is 40.9 Å². The Labute approximate surface area is 159 Å². The van der Waals surface area contributed by atoms with Crippen molar-refractivity contribution in [1.29, 1.82) is 0 Å². The van der Waals surface area contributed by atoms with Crippen LogP contribution < -0.4 is 5.32 Å². The Hall–Kier alpha value is -2.26. The minimum atomic E-state index is -0.206. The number of nitrogens with one attached hydrogen (secondary N) is 1. The van der Waals surface area contributed by atoms with Crippen LogP contribution in [0.2, 0.25) is 0 Å². The number of carbonyl (C=O) groups is 1. The molecule has 0 aliphatic heterocycles. The molecule has 0 unspecified atom stereocenters. The van der Waals surface area contributed by atoms with E-state index in [9.17, 15) is 4.79 Å². The highest BCUT2D eigenvalue weighted by Crippen LogP contribution is 2.27. The summed E-state index contributed by atoms with van der Waals surface area (Å²) in [4.78, 5) is 17.7. The number of aromatic nitrogens is 4. The fourth-order valence-electron chi connectivity index (χ4n) is 2.22. The third-order valence-electron chi connectivity index (χ3n) is 3.32. The molecule has 3 rings (SSSR count). The molecule has 0 fully saturated rings. The fraction of sp³-hybridized carbons (Fsp3) is 0.353. The van der Waals surface area contributed by atoms with Crippen LogP contribution >= 0.6 is 23.1 Å². The van der Waals surface area contributed by atoms with Crippen LogP contribution in [0.4, 0.5) is 5.13 Å². The third-order valence-corrected chi connectivity index (χ3v) is 5.24. The average molecular weight is 390 g/mol. The Balaban J connectivity index is 1.68. The molecule has 0 atom stereocenters. The molecular weight excluding hydrogens is 370 g/mol. The minimum absolute atomic E-state index is 0.206. The van der Waals surface area contributed by atoms with Gasteiger partial charge in [0.2, 0.25) is 11.0 Å². The van der Waals surface area contributed by atoms with E-state index < -0.39 is 0 Å². The second-order valence-electron chi connectivity index (χ2n) is 6.07. The molecule has 1 N–H and O–H groups in total. The number of amides is 1. The summed E-state index contributed by atoms with van der Waals surface area (Å²) < 4.78 is 5.12. The first-order valence-electron chi connectivity index (χ1n) is 8.16. The van der Waals surface area contributed by atoms with Gasteiger partial charge in [0.25, 0.3) is 5.91 Å². The molecule has 26 heavy (non-hydrogen) atoms. The first-order chi connectivity index (χ1) is 12.5. The Bertz CT molecular complexity index is 891. The Morgan fingerprint density at radius 3 is 2.85 bits per heavy atom. The van der Waals surface area contributed by atoms with Gasteiger partial charge in [-0.25, -0.2) is 0 Å². The van der Waals surface area contributed by atoms with Crippen molar-refractivity contribution in [2.45, 2.75) is 37.8 Å². The van der Waals surface area contributed by atoms with Crippen LogP contribution in [0.25, 0.3) is 0 Å². The summed E-state index contributed by atoms with van der Waals surface area (Å²) in [6, 6.07) is 7.41. The molecule has 1 amide bonds. The standard InChI is InChI=1S/C17H19N5O2S2/c1-10(2)8-15-20-21-17(26-15)19-16(23)12-6-4-5-7-13(12)25-9-14-18-11(3)22-24-14/h4-7,10H,8-9H2,1-3H3,(H,19,21,23). The van der Waals surface area contributed by atoms with Crippen LogP contribution in [0.3, 0.4) is 0 Å². The van der Waals surface area contributed by atoms with E-state index >= 15 is 0 Å². The molecule has 0 radical (unpaired) electrons. The van der Waals surface area contributed by atoms with Gasteiger partial charge in [-0.1, -0.05) is 42.5 Å². The molecule has 0 saturated heterocycles. The predicted octanol–water partition coefficient (Wildman–Crippen LogP) is 3.97. The molecule has 136 valence electrons. The molecule has 7 nitrogen and oxygen atoms in total. The van der Waals surface area contributed by atoms with Crippen molar-refractivity contribution in [2.75, 3.05) is 5.32 Å². The second-order valence-corrected chi connectivity index (χ2v) is 8.15. The number of hydrogen-bond acceptors (Lipinski definition) is 8. The van der Waals surface area contributed by atoms with Gasteiger partial charge in [0, 0.05) is 11.3 Å². The smallest absolute Gasteiger partial charge is 0.258 e. The lowest BCUT2D eigenvalue weighted by molar-refractivity contribution is 0.102. The lowest BCUT2D eigenvalue weighted by Gasteiger charge is -2.07. The van der Waals surface area contributed by atoms with Crippen LogP contribution in [0.15, 0.2) is 33.7 Å². The predicted molar refractivity (Wildman–Crippen MR) is 101 cm³/mol. The Morgan fingerprint density at radius 2 is 2.12 bits per heavy atom. The lowest BCUT2D eigenvalue weighted by atomic mass is 10.1. The maximum Gasteiger partial charge on any atom is 0.258 e. The number of carbonyl (C=O) groups excluding carboxylic acids is 1. The van der Waals surface area contributed by atoms with E-state index in [0.29, 0.717) is 34.1 Å². The topological polar surface area (TPSA) is 93.8 Å². The monoisotopic (exact) mass is 389 g/mol. The summed E-state index contributed by atoms with van der Waals surface area (Å²) in [5.74, 6) is 1.92. The van der Waals surface area contributed by atoms with Crippen molar-refractivity contribution in [1.82, 2.24) is 20.3 Å². The number of benzene rings is 1. The summed E-state index contributed by atoms with van der Waals surface area (Å²) in [7, 11) is 0. The zero-order valence-corrected chi connectivity index (χ0v) is 16.4. The molecule has 3 aromatic rings. The highest BCUT2D eigenvalue weighted by molar-refractivity contribution is 7.98. The summed E-state index contributed by atoms with van der Waals surface area (Å²) >= 11 is 2.89. The van der Waals surface area contributed by atoms with E-state index in [1.54, 1.807) is 13.0 Å². The molecular formula is C17H19N5O2S2. The zero-order valence-electron chi connectivity index (χ0n) is 14.7. The molecule has 1 aromatic carbocycles. The highest BCUT2D eigenvalue weighted by atomic mass is 32.2. The van der Waals surface area contributed by atoms with E-state index in [1.807, 2.05) is 18.2 Å². The maximum atomic E-state index is 12.6. The van der Waals surface area contributed by atoms with E-state index in [0.717, 1.165) is 16.3 Å². The molecule has 0 aliphatic carbocycles. The Kier molecular flexibility index (Phi) is 6.00. The average Bonchev–Trinajstić information content (AvgIpc) is 3.21. The molecule has 9 heteroatoms. The van der Waals surface area contributed by atoms with E-state index in [1.165, 1.54) is 23.1 Å². The van der Waals surface area contributed by atoms with Gasteiger partial charge in [-0.15, -0.1) is 22.0 Å². The normalized spacial score (nSPS) is 11.1. The van der Waals surface area contributed by atoms with Gasteiger partial charge in [0.05, 0.1) is 11.3 Å². The number of hydrogen-bond donors (Lipinski definition) is 1. The number of rotatable bonds is 7. The fourth-order valence-corrected chi connectivity index (χ4v) is 4.05. The molecule has 0 bridgehead atoms. The largest absolute Gasteiger partial charge is 0.338 e. The summed E-state index contributed by atoms with van der Waals surface area (Å²) in [6.45, 7) is 6.02. The molecule has 0 aliphatic rings. The number of nitrogens with zero attached hydrogens (tertiary/aromatic N) is 4. The van der Waals surface area contributed by atoms with E-state index in [4.69, 9.17) is 4.52 Å². The van der Waals surface area contributed by atoms with Crippen LogP contribution in [-0.4, -0.2) is 26.2 Å². The zero-order chi connectivity index (χ0) is 18.5. The van der Waals surface area contributed by atoms with Crippen LogP contribution in [0, 0.1) is 12.8 Å². The van der Waals surface area contributed by atoms with Gasteiger partial charge in [-0.3, -0.25) is 10.1 Å². The van der Waals surface area contributed by atoms with Crippen molar-refractivity contribution in [3.63, 3.8) is 0 Å². The highest BCUT2D eigenvalue weighted by Gasteiger charge is 2.15.